The average Bonchev–Trinajstić information content (AvgIpc) is 3.25. The molecule has 1 atom stereocenters. The first-order chi connectivity index (χ1) is 13.1. The smallest absolute Gasteiger partial charge is 0.242 e. The van der Waals surface area contributed by atoms with Gasteiger partial charge in [-0.1, -0.05) is 13.8 Å². The SMILES string of the molecule is CC(C)(C)NC(=O)CN=C(Nc1ccc2c(c1)OCCCO2)NC1CC1(C)C.I. The standard InChI is InChI=1S/C21H32N4O3.HI/c1-20(2,3)25-18(26)13-22-19(24-17-12-21(17,4)5)23-14-7-8-15-16(11-14)28-10-6-9-27-15;/h7-8,11,17H,6,9-10,12-13H2,1-5H3,(H,25,26)(H2,22,23,24);1H. The maximum atomic E-state index is 12.2. The van der Waals surface area contributed by atoms with Gasteiger partial charge in [-0.15, -0.1) is 24.0 Å². The van der Waals surface area contributed by atoms with Crippen LogP contribution in [0.15, 0.2) is 23.2 Å². The maximum Gasteiger partial charge on any atom is 0.242 e. The Labute approximate surface area is 190 Å². The van der Waals surface area contributed by atoms with Crippen LogP contribution in [0.2, 0.25) is 0 Å². The number of carbonyl (C=O) groups excluding carboxylic acids is 1. The summed E-state index contributed by atoms with van der Waals surface area (Å²) in [5.74, 6) is 1.96. The Morgan fingerprint density at radius 1 is 1.21 bits per heavy atom. The van der Waals surface area contributed by atoms with E-state index >= 15 is 0 Å². The van der Waals surface area contributed by atoms with Gasteiger partial charge in [-0.3, -0.25) is 4.79 Å². The molecular formula is C21H33IN4O3. The lowest BCUT2D eigenvalue weighted by Crippen LogP contribution is -2.42. The number of amides is 1. The minimum absolute atomic E-state index is 0. The quantitative estimate of drug-likeness (QED) is 0.324. The Hall–Kier alpha value is -1.71. The van der Waals surface area contributed by atoms with Crippen molar-refractivity contribution in [2.45, 2.75) is 59.0 Å². The van der Waals surface area contributed by atoms with Crippen molar-refractivity contribution in [2.75, 3.05) is 25.1 Å². The van der Waals surface area contributed by atoms with Crippen molar-refractivity contribution in [3.8, 4) is 11.5 Å². The monoisotopic (exact) mass is 516 g/mol. The van der Waals surface area contributed by atoms with E-state index in [1.54, 1.807) is 0 Å². The molecule has 1 fully saturated rings. The third-order valence-corrected chi connectivity index (χ3v) is 4.73. The number of hydrogen-bond donors (Lipinski definition) is 3. The van der Waals surface area contributed by atoms with E-state index in [9.17, 15) is 4.79 Å². The van der Waals surface area contributed by atoms with Crippen molar-refractivity contribution in [1.29, 1.82) is 0 Å². The van der Waals surface area contributed by atoms with Crippen LogP contribution in [0.5, 0.6) is 11.5 Å². The van der Waals surface area contributed by atoms with Crippen LogP contribution in [-0.2, 0) is 4.79 Å². The average molecular weight is 516 g/mol. The van der Waals surface area contributed by atoms with Gasteiger partial charge in [0.25, 0.3) is 0 Å². The zero-order chi connectivity index (χ0) is 20.4. The zero-order valence-corrected chi connectivity index (χ0v) is 20.3. The second kappa shape index (κ2) is 9.40. The summed E-state index contributed by atoms with van der Waals surface area (Å²) in [5, 5.41) is 9.66. The van der Waals surface area contributed by atoms with Crippen LogP contribution in [0, 0.1) is 5.41 Å². The van der Waals surface area contributed by atoms with Gasteiger partial charge in [0.15, 0.2) is 17.5 Å². The molecular weight excluding hydrogens is 483 g/mol. The molecule has 1 saturated carbocycles. The summed E-state index contributed by atoms with van der Waals surface area (Å²) < 4.78 is 11.4. The minimum atomic E-state index is -0.277. The highest BCUT2D eigenvalue weighted by atomic mass is 127. The van der Waals surface area contributed by atoms with Gasteiger partial charge in [-0.05, 0) is 44.7 Å². The molecule has 0 radical (unpaired) electrons. The highest BCUT2D eigenvalue weighted by molar-refractivity contribution is 14.0. The first-order valence-electron chi connectivity index (χ1n) is 9.91. The van der Waals surface area contributed by atoms with Gasteiger partial charge >= 0.3 is 0 Å². The summed E-state index contributed by atoms with van der Waals surface area (Å²) in [6.07, 6.45) is 1.94. The summed E-state index contributed by atoms with van der Waals surface area (Å²) in [5.41, 5.74) is 0.798. The van der Waals surface area contributed by atoms with Crippen molar-refractivity contribution < 1.29 is 14.3 Å². The molecule has 162 valence electrons. The molecule has 3 rings (SSSR count). The fourth-order valence-electron chi connectivity index (χ4n) is 2.99. The lowest BCUT2D eigenvalue weighted by Gasteiger charge is -2.20. The Bertz CT molecular complexity index is 759. The second-order valence-electron chi connectivity index (χ2n) is 9.19. The number of hydrogen-bond acceptors (Lipinski definition) is 4. The molecule has 0 saturated heterocycles. The van der Waals surface area contributed by atoms with Crippen LogP contribution in [-0.4, -0.2) is 43.2 Å². The number of halogens is 1. The van der Waals surface area contributed by atoms with Crippen LogP contribution >= 0.6 is 24.0 Å². The fraction of sp³-hybridized carbons (Fsp3) is 0.619. The lowest BCUT2D eigenvalue weighted by molar-refractivity contribution is -0.121. The Morgan fingerprint density at radius 3 is 2.48 bits per heavy atom. The van der Waals surface area contributed by atoms with Gasteiger partial charge in [-0.2, -0.15) is 0 Å². The number of carbonyl (C=O) groups is 1. The van der Waals surface area contributed by atoms with Crippen molar-refractivity contribution >= 4 is 41.5 Å². The number of ether oxygens (including phenoxy) is 2. The van der Waals surface area contributed by atoms with E-state index in [1.165, 1.54) is 0 Å². The number of nitrogens with zero attached hydrogens (tertiary/aromatic N) is 1. The molecule has 3 N–H and O–H groups in total. The molecule has 29 heavy (non-hydrogen) atoms. The normalized spacial score (nSPS) is 20.0. The van der Waals surface area contributed by atoms with Crippen molar-refractivity contribution in [2.24, 2.45) is 10.4 Å². The van der Waals surface area contributed by atoms with Crippen LogP contribution in [0.1, 0.15) is 47.5 Å². The highest BCUT2D eigenvalue weighted by Gasteiger charge is 2.46. The zero-order valence-electron chi connectivity index (χ0n) is 17.9. The minimum Gasteiger partial charge on any atom is -0.490 e. The predicted octanol–water partition coefficient (Wildman–Crippen LogP) is 3.54. The van der Waals surface area contributed by atoms with E-state index < -0.39 is 0 Å². The number of guanidine groups is 1. The van der Waals surface area contributed by atoms with Crippen LogP contribution in [0.3, 0.4) is 0 Å². The third-order valence-electron chi connectivity index (χ3n) is 4.73. The molecule has 1 aromatic rings. The van der Waals surface area contributed by atoms with E-state index in [0.29, 0.717) is 25.2 Å². The Morgan fingerprint density at radius 2 is 1.86 bits per heavy atom. The fourth-order valence-corrected chi connectivity index (χ4v) is 2.99. The number of benzene rings is 1. The van der Waals surface area contributed by atoms with Gasteiger partial charge < -0.3 is 25.4 Å². The van der Waals surface area contributed by atoms with E-state index in [2.05, 4.69) is 34.8 Å². The predicted molar refractivity (Wildman–Crippen MR) is 127 cm³/mol. The van der Waals surface area contributed by atoms with Gasteiger partial charge in [-0.25, -0.2) is 4.99 Å². The largest absolute Gasteiger partial charge is 0.490 e. The summed E-state index contributed by atoms with van der Waals surface area (Å²) in [6.45, 7) is 11.6. The molecule has 1 aromatic carbocycles. The van der Waals surface area contributed by atoms with Gasteiger partial charge in [0, 0.05) is 29.8 Å². The van der Waals surface area contributed by atoms with Crippen LogP contribution in [0.4, 0.5) is 5.69 Å². The van der Waals surface area contributed by atoms with Gasteiger partial charge in [0.1, 0.15) is 6.54 Å². The number of nitrogens with one attached hydrogen (secondary N) is 3. The first kappa shape index (κ1) is 23.6. The molecule has 1 unspecified atom stereocenters. The van der Waals surface area contributed by atoms with Gasteiger partial charge in [0.2, 0.25) is 5.91 Å². The summed E-state index contributed by atoms with van der Waals surface area (Å²) >= 11 is 0. The van der Waals surface area contributed by atoms with Crippen LogP contribution < -0.4 is 25.4 Å². The molecule has 7 nitrogen and oxygen atoms in total. The topological polar surface area (TPSA) is 84.0 Å². The Kier molecular flexibility index (Phi) is 7.64. The maximum absolute atomic E-state index is 12.2. The molecule has 1 aliphatic carbocycles. The molecule has 2 aliphatic rings. The second-order valence-corrected chi connectivity index (χ2v) is 9.19. The molecule has 8 heteroatoms. The summed E-state index contributed by atoms with van der Waals surface area (Å²) in [7, 11) is 0. The van der Waals surface area contributed by atoms with E-state index in [0.717, 1.165) is 30.0 Å². The highest BCUT2D eigenvalue weighted by Crippen LogP contribution is 2.44. The lowest BCUT2D eigenvalue weighted by atomic mass is 10.1. The van der Waals surface area contributed by atoms with Crippen molar-refractivity contribution in [3.05, 3.63) is 18.2 Å². The first-order valence-corrected chi connectivity index (χ1v) is 9.91. The number of fused-ring (bicyclic) bond motifs is 1. The molecule has 0 spiro atoms. The van der Waals surface area contributed by atoms with E-state index in [-0.39, 0.29) is 47.4 Å². The third kappa shape index (κ3) is 7.24. The Balaban J connectivity index is 0.00000300. The van der Waals surface area contributed by atoms with Crippen molar-refractivity contribution in [3.63, 3.8) is 0 Å². The number of aliphatic imine (C=N–C) groups is 1. The van der Waals surface area contributed by atoms with E-state index in [1.807, 2.05) is 39.0 Å². The molecule has 0 bridgehead atoms. The summed E-state index contributed by atoms with van der Waals surface area (Å²) in [4.78, 5) is 16.7. The molecule has 1 heterocycles. The summed E-state index contributed by atoms with van der Waals surface area (Å²) in [6, 6.07) is 6.07. The van der Waals surface area contributed by atoms with Gasteiger partial charge in [0.05, 0.1) is 13.2 Å². The van der Waals surface area contributed by atoms with E-state index in [4.69, 9.17) is 9.47 Å². The molecule has 0 aromatic heterocycles. The van der Waals surface area contributed by atoms with Crippen molar-refractivity contribution in [1.82, 2.24) is 10.6 Å². The molecule has 1 amide bonds. The van der Waals surface area contributed by atoms with Crippen LogP contribution in [0.25, 0.3) is 0 Å². The molecule has 1 aliphatic heterocycles. The number of anilines is 1. The number of rotatable bonds is 4.